The summed E-state index contributed by atoms with van der Waals surface area (Å²) in [5.74, 6) is 0.0893. The van der Waals surface area contributed by atoms with Crippen LogP contribution in [0.25, 0.3) is 0 Å². The molecule has 4 aromatic carbocycles. The molecule has 1 heterocycles. The second kappa shape index (κ2) is 16.7. The normalized spacial score (nSPS) is 24.7. The lowest BCUT2D eigenvalue weighted by Crippen LogP contribution is -2.62. The first-order chi connectivity index (χ1) is 22.7. The van der Waals surface area contributed by atoms with Gasteiger partial charge < -0.3 is 28.4 Å². The molecular formula is C39H42O7. The summed E-state index contributed by atoms with van der Waals surface area (Å²) < 4.78 is 39.4. The lowest BCUT2D eigenvalue weighted by Gasteiger charge is -2.46. The summed E-state index contributed by atoms with van der Waals surface area (Å²) in [7, 11) is 0. The average Bonchev–Trinajstić information content (AvgIpc) is 3.51. The zero-order valence-electron chi connectivity index (χ0n) is 26.0. The third-order valence-electron chi connectivity index (χ3n) is 8.39. The van der Waals surface area contributed by atoms with E-state index in [0.29, 0.717) is 39.3 Å². The molecule has 6 rings (SSSR count). The van der Waals surface area contributed by atoms with Gasteiger partial charge >= 0.3 is 0 Å². The van der Waals surface area contributed by atoms with Crippen molar-refractivity contribution < 1.29 is 33.2 Å². The SMILES string of the molecule is O=C1CCCC1OC1O[C@H](COCc2ccccc2)[C@@H](OCc2ccccc2)[C@H](OCc2ccccc2)[C@H]1OCc1ccccc1. The number of Topliss-reactive ketones (excluding diaryl/α,β-unsaturated/α-hetero) is 1. The van der Waals surface area contributed by atoms with E-state index >= 15 is 0 Å². The van der Waals surface area contributed by atoms with E-state index in [-0.39, 0.29) is 12.4 Å². The molecule has 0 radical (unpaired) electrons. The first-order valence-electron chi connectivity index (χ1n) is 16.1. The van der Waals surface area contributed by atoms with Crippen LogP contribution in [0.2, 0.25) is 0 Å². The van der Waals surface area contributed by atoms with Crippen LogP contribution in [0.1, 0.15) is 41.5 Å². The molecule has 1 aliphatic heterocycles. The zero-order valence-corrected chi connectivity index (χ0v) is 26.0. The van der Waals surface area contributed by atoms with Crippen molar-refractivity contribution in [1.82, 2.24) is 0 Å². The first kappa shape index (κ1) is 32.3. The predicted molar refractivity (Wildman–Crippen MR) is 174 cm³/mol. The van der Waals surface area contributed by atoms with Gasteiger partial charge in [-0.1, -0.05) is 121 Å². The second-order valence-corrected chi connectivity index (χ2v) is 11.8. The van der Waals surface area contributed by atoms with Crippen molar-refractivity contribution in [3.8, 4) is 0 Å². The Bertz CT molecular complexity index is 1450. The maximum atomic E-state index is 12.8. The molecule has 1 aliphatic carbocycles. The van der Waals surface area contributed by atoms with Crippen LogP contribution >= 0.6 is 0 Å². The first-order valence-corrected chi connectivity index (χ1v) is 16.1. The zero-order chi connectivity index (χ0) is 31.4. The molecule has 6 atom stereocenters. The summed E-state index contributed by atoms with van der Waals surface area (Å²) in [4.78, 5) is 12.8. The third-order valence-corrected chi connectivity index (χ3v) is 8.39. The molecule has 7 heteroatoms. The number of benzene rings is 4. The summed E-state index contributed by atoms with van der Waals surface area (Å²) in [5, 5.41) is 0. The molecule has 46 heavy (non-hydrogen) atoms. The molecule has 2 fully saturated rings. The Balaban J connectivity index is 1.30. The number of ketones is 1. The molecule has 0 aromatic heterocycles. The summed E-state index contributed by atoms with van der Waals surface area (Å²) >= 11 is 0. The van der Waals surface area contributed by atoms with Gasteiger partial charge in [-0.15, -0.1) is 0 Å². The summed E-state index contributed by atoms with van der Waals surface area (Å²) in [6, 6.07) is 40.1. The highest BCUT2D eigenvalue weighted by molar-refractivity contribution is 5.84. The molecule has 0 N–H and O–H groups in total. The number of rotatable bonds is 15. The Morgan fingerprint density at radius 1 is 0.565 bits per heavy atom. The minimum absolute atomic E-state index is 0.0893. The van der Waals surface area contributed by atoms with Crippen LogP contribution < -0.4 is 0 Å². The molecule has 1 saturated carbocycles. The van der Waals surface area contributed by atoms with Crippen LogP contribution in [-0.4, -0.2) is 49.2 Å². The van der Waals surface area contributed by atoms with E-state index in [1.807, 2.05) is 121 Å². The Labute approximate surface area is 271 Å². The average molecular weight is 623 g/mol. The number of hydrogen-bond donors (Lipinski definition) is 0. The maximum absolute atomic E-state index is 12.8. The molecule has 240 valence electrons. The number of carbonyl (C=O) groups is 1. The Morgan fingerprint density at radius 3 is 1.50 bits per heavy atom. The van der Waals surface area contributed by atoms with Crippen molar-refractivity contribution in [2.24, 2.45) is 0 Å². The van der Waals surface area contributed by atoms with Crippen LogP contribution in [0.5, 0.6) is 0 Å². The van der Waals surface area contributed by atoms with Gasteiger partial charge in [-0.2, -0.15) is 0 Å². The van der Waals surface area contributed by atoms with Crippen LogP contribution in [0, 0.1) is 0 Å². The van der Waals surface area contributed by atoms with E-state index in [9.17, 15) is 4.79 Å². The summed E-state index contributed by atoms with van der Waals surface area (Å²) in [6.45, 7) is 1.67. The fourth-order valence-corrected chi connectivity index (χ4v) is 5.95. The van der Waals surface area contributed by atoms with Crippen molar-refractivity contribution in [3.63, 3.8) is 0 Å². The highest BCUT2D eigenvalue weighted by Crippen LogP contribution is 2.33. The van der Waals surface area contributed by atoms with Crippen LogP contribution in [0.4, 0.5) is 0 Å². The minimum atomic E-state index is -0.863. The molecule has 0 spiro atoms. The van der Waals surface area contributed by atoms with Gasteiger partial charge in [-0.05, 0) is 35.1 Å². The predicted octanol–water partition coefficient (Wildman–Crippen LogP) is 6.82. The van der Waals surface area contributed by atoms with E-state index in [0.717, 1.165) is 28.7 Å². The van der Waals surface area contributed by atoms with Crippen molar-refractivity contribution in [1.29, 1.82) is 0 Å². The topological polar surface area (TPSA) is 72.5 Å². The van der Waals surface area contributed by atoms with Gasteiger partial charge in [0.15, 0.2) is 12.1 Å². The lowest BCUT2D eigenvalue weighted by molar-refractivity contribution is -0.333. The molecule has 2 aliphatic rings. The van der Waals surface area contributed by atoms with Gasteiger partial charge in [-0.25, -0.2) is 0 Å². The Hall–Kier alpha value is -3.69. The highest BCUT2D eigenvalue weighted by atomic mass is 16.7. The van der Waals surface area contributed by atoms with Crippen LogP contribution in [0.15, 0.2) is 121 Å². The lowest BCUT2D eigenvalue weighted by atomic mass is 9.97. The minimum Gasteiger partial charge on any atom is -0.374 e. The van der Waals surface area contributed by atoms with E-state index in [4.69, 9.17) is 28.4 Å². The Morgan fingerprint density at radius 2 is 1.02 bits per heavy atom. The second-order valence-electron chi connectivity index (χ2n) is 11.8. The smallest absolute Gasteiger partial charge is 0.187 e. The fraction of sp³-hybridized carbons (Fsp3) is 0.359. The van der Waals surface area contributed by atoms with E-state index in [1.165, 1.54) is 0 Å². The van der Waals surface area contributed by atoms with Gasteiger partial charge in [0, 0.05) is 6.42 Å². The molecule has 0 bridgehead atoms. The number of hydrogen-bond acceptors (Lipinski definition) is 7. The van der Waals surface area contributed by atoms with Crippen LogP contribution in [-0.2, 0) is 59.6 Å². The van der Waals surface area contributed by atoms with Crippen molar-refractivity contribution in [2.75, 3.05) is 6.61 Å². The Kier molecular flexibility index (Phi) is 11.7. The molecule has 4 aromatic rings. The quantitative estimate of drug-likeness (QED) is 0.144. The molecule has 2 unspecified atom stereocenters. The van der Waals surface area contributed by atoms with Gasteiger partial charge in [0.1, 0.15) is 30.5 Å². The van der Waals surface area contributed by atoms with E-state index in [2.05, 4.69) is 0 Å². The molecular weight excluding hydrogens is 580 g/mol. The molecule has 0 amide bonds. The third kappa shape index (κ3) is 8.97. The van der Waals surface area contributed by atoms with Gasteiger partial charge in [0.2, 0.25) is 0 Å². The molecule has 1 saturated heterocycles. The number of ether oxygens (including phenoxy) is 6. The molecule has 7 nitrogen and oxygen atoms in total. The fourth-order valence-electron chi connectivity index (χ4n) is 5.95. The summed E-state index contributed by atoms with van der Waals surface area (Å²) in [5.41, 5.74) is 4.13. The standard InChI is InChI=1S/C39H42O7/c40-33-22-13-23-34(33)45-39-38(44-27-32-20-11-4-12-21-32)37(43-26-31-18-9-3-10-19-31)36(42-25-30-16-7-2-8-17-30)35(46-39)28-41-24-29-14-5-1-6-15-29/h1-12,14-21,34-39H,13,22-28H2/t34?,35-,36-,37+,38-,39?/m1/s1. The van der Waals surface area contributed by atoms with E-state index < -0.39 is 36.8 Å². The van der Waals surface area contributed by atoms with Crippen molar-refractivity contribution >= 4 is 5.78 Å². The van der Waals surface area contributed by atoms with Gasteiger partial charge in [0.25, 0.3) is 0 Å². The number of carbonyl (C=O) groups excluding carboxylic acids is 1. The van der Waals surface area contributed by atoms with Crippen molar-refractivity contribution in [2.45, 2.75) is 82.5 Å². The van der Waals surface area contributed by atoms with Crippen molar-refractivity contribution in [3.05, 3.63) is 144 Å². The van der Waals surface area contributed by atoms with Crippen LogP contribution in [0.3, 0.4) is 0 Å². The van der Waals surface area contributed by atoms with Gasteiger partial charge in [0.05, 0.1) is 33.0 Å². The van der Waals surface area contributed by atoms with Gasteiger partial charge in [-0.3, -0.25) is 4.79 Å². The monoisotopic (exact) mass is 622 g/mol. The highest BCUT2D eigenvalue weighted by Gasteiger charge is 2.50. The largest absolute Gasteiger partial charge is 0.374 e. The summed E-state index contributed by atoms with van der Waals surface area (Å²) in [6.07, 6.45) is -1.82. The maximum Gasteiger partial charge on any atom is 0.187 e. The van der Waals surface area contributed by atoms with E-state index in [1.54, 1.807) is 0 Å².